The van der Waals surface area contributed by atoms with Gasteiger partial charge in [0.1, 0.15) is 11.9 Å². The number of aliphatic hydroxyl groups excluding tert-OH is 1. The Morgan fingerprint density at radius 3 is 2.61 bits per heavy atom. The molecule has 0 aliphatic heterocycles. The van der Waals surface area contributed by atoms with Gasteiger partial charge in [-0.25, -0.2) is 0 Å². The minimum atomic E-state index is -0.601. The SMILES string of the molecule is CCc1ccccc1C(O)c1cccc(OC)c1. The summed E-state index contributed by atoms with van der Waals surface area (Å²) in [5, 5.41) is 10.5. The molecule has 2 aromatic rings. The quantitative estimate of drug-likeness (QED) is 0.891. The van der Waals surface area contributed by atoms with Crippen LogP contribution >= 0.6 is 0 Å². The predicted octanol–water partition coefficient (Wildman–Crippen LogP) is 3.34. The molecule has 0 saturated carbocycles. The van der Waals surface area contributed by atoms with Gasteiger partial charge in [-0.3, -0.25) is 0 Å². The van der Waals surface area contributed by atoms with Gasteiger partial charge in [0.2, 0.25) is 0 Å². The van der Waals surface area contributed by atoms with E-state index in [9.17, 15) is 5.11 Å². The zero-order valence-corrected chi connectivity index (χ0v) is 10.8. The van der Waals surface area contributed by atoms with Crippen molar-refractivity contribution in [1.82, 2.24) is 0 Å². The highest BCUT2D eigenvalue weighted by Gasteiger charge is 2.13. The highest BCUT2D eigenvalue weighted by Crippen LogP contribution is 2.27. The van der Waals surface area contributed by atoms with E-state index in [0.717, 1.165) is 23.3 Å². The maximum Gasteiger partial charge on any atom is 0.119 e. The third-order valence-electron chi connectivity index (χ3n) is 3.14. The molecular weight excluding hydrogens is 224 g/mol. The molecule has 0 aliphatic rings. The predicted molar refractivity (Wildman–Crippen MR) is 72.9 cm³/mol. The summed E-state index contributed by atoms with van der Waals surface area (Å²) in [5.74, 6) is 0.764. The van der Waals surface area contributed by atoms with Crippen LogP contribution in [0, 0.1) is 0 Å². The normalized spacial score (nSPS) is 12.2. The number of aryl methyl sites for hydroxylation is 1. The first-order valence-corrected chi connectivity index (χ1v) is 6.16. The van der Waals surface area contributed by atoms with Crippen molar-refractivity contribution in [3.63, 3.8) is 0 Å². The summed E-state index contributed by atoms with van der Waals surface area (Å²) in [7, 11) is 1.63. The maximum atomic E-state index is 10.5. The van der Waals surface area contributed by atoms with Crippen molar-refractivity contribution in [2.45, 2.75) is 19.4 Å². The lowest BCUT2D eigenvalue weighted by molar-refractivity contribution is 0.218. The third kappa shape index (κ3) is 2.54. The summed E-state index contributed by atoms with van der Waals surface area (Å²) in [6, 6.07) is 15.5. The molecule has 0 saturated heterocycles. The summed E-state index contributed by atoms with van der Waals surface area (Å²) in [4.78, 5) is 0. The average Bonchev–Trinajstić information content (AvgIpc) is 2.46. The lowest BCUT2D eigenvalue weighted by Gasteiger charge is -2.15. The number of hydrogen-bond acceptors (Lipinski definition) is 2. The molecule has 2 heteroatoms. The highest BCUT2D eigenvalue weighted by atomic mass is 16.5. The van der Waals surface area contributed by atoms with Crippen molar-refractivity contribution in [3.05, 3.63) is 65.2 Å². The van der Waals surface area contributed by atoms with Gasteiger partial charge in [-0.2, -0.15) is 0 Å². The molecule has 94 valence electrons. The fraction of sp³-hybridized carbons (Fsp3) is 0.250. The number of ether oxygens (including phenoxy) is 1. The molecule has 2 aromatic carbocycles. The molecule has 1 unspecified atom stereocenters. The van der Waals surface area contributed by atoms with Gasteiger partial charge < -0.3 is 9.84 Å². The molecule has 0 amide bonds. The Bertz CT molecular complexity index is 520. The van der Waals surface area contributed by atoms with Crippen LogP contribution in [0.2, 0.25) is 0 Å². The van der Waals surface area contributed by atoms with Gasteiger partial charge in [0.25, 0.3) is 0 Å². The summed E-state index contributed by atoms with van der Waals surface area (Å²) >= 11 is 0. The lowest BCUT2D eigenvalue weighted by atomic mass is 9.95. The summed E-state index contributed by atoms with van der Waals surface area (Å²) in [6.07, 6.45) is 0.313. The Hall–Kier alpha value is -1.80. The van der Waals surface area contributed by atoms with Crippen molar-refractivity contribution in [3.8, 4) is 5.75 Å². The Balaban J connectivity index is 2.37. The zero-order chi connectivity index (χ0) is 13.0. The molecule has 1 N–H and O–H groups in total. The van der Waals surface area contributed by atoms with Crippen LogP contribution in [0.15, 0.2) is 48.5 Å². The van der Waals surface area contributed by atoms with E-state index in [4.69, 9.17) is 4.74 Å². The van der Waals surface area contributed by atoms with Crippen molar-refractivity contribution in [2.75, 3.05) is 7.11 Å². The van der Waals surface area contributed by atoms with Crippen LogP contribution in [0.5, 0.6) is 5.75 Å². The first-order chi connectivity index (χ1) is 8.76. The number of rotatable bonds is 4. The molecule has 1 atom stereocenters. The fourth-order valence-electron chi connectivity index (χ4n) is 2.11. The van der Waals surface area contributed by atoms with E-state index in [2.05, 4.69) is 13.0 Å². The van der Waals surface area contributed by atoms with E-state index >= 15 is 0 Å². The van der Waals surface area contributed by atoms with Crippen LogP contribution in [0.1, 0.15) is 29.7 Å². The Morgan fingerprint density at radius 2 is 1.89 bits per heavy atom. The molecular formula is C16H18O2. The molecule has 2 nitrogen and oxygen atoms in total. The summed E-state index contributed by atoms with van der Waals surface area (Å²) in [6.45, 7) is 2.09. The highest BCUT2D eigenvalue weighted by molar-refractivity contribution is 5.38. The number of benzene rings is 2. The fourth-order valence-corrected chi connectivity index (χ4v) is 2.11. The van der Waals surface area contributed by atoms with E-state index in [0.29, 0.717) is 0 Å². The van der Waals surface area contributed by atoms with Crippen LogP contribution < -0.4 is 4.74 Å². The van der Waals surface area contributed by atoms with Gasteiger partial charge in [0.05, 0.1) is 7.11 Å². The molecule has 0 radical (unpaired) electrons. The van der Waals surface area contributed by atoms with Crippen LogP contribution in [0.3, 0.4) is 0 Å². The number of hydrogen-bond donors (Lipinski definition) is 1. The van der Waals surface area contributed by atoms with E-state index in [1.807, 2.05) is 42.5 Å². The Morgan fingerprint density at radius 1 is 1.11 bits per heavy atom. The second kappa shape index (κ2) is 5.69. The van der Waals surface area contributed by atoms with Crippen molar-refractivity contribution < 1.29 is 9.84 Å². The van der Waals surface area contributed by atoms with Crippen LogP contribution in [-0.4, -0.2) is 12.2 Å². The third-order valence-corrected chi connectivity index (χ3v) is 3.14. The van der Waals surface area contributed by atoms with Crippen molar-refractivity contribution in [2.24, 2.45) is 0 Å². The van der Waals surface area contributed by atoms with Crippen LogP contribution in [0.4, 0.5) is 0 Å². The molecule has 0 spiro atoms. The monoisotopic (exact) mass is 242 g/mol. The Labute approximate surface area is 108 Å². The summed E-state index contributed by atoms with van der Waals surface area (Å²) in [5.41, 5.74) is 3.00. The van der Waals surface area contributed by atoms with E-state index in [1.165, 1.54) is 5.56 Å². The van der Waals surface area contributed by atoms with E-state index in [-0.39, 0.29) is 0 Å². The Kier molecular flexibility index (Phi) is 4.00. The lowest BCUT2D eigenvalue weighted by Crippen LogP contribution is -2.03. The first-order valence-electron chi connectivity index (χ1n) is 6.16. The second-order valence-corrected chi connectivity index (χ2v) is 4.23. The van der Waals surface area contributed by atoms with Gasteiger partial charge >= 0.3 is 0 Å². The minimum absolute atomic E-state index is 0.601. The smallest absolute Gasteiger partial charge is 0.119 e. The molecule has 18 heavy (non-hydrogen) atoms. The molecule has 2 rings (SSSR count). The van der Waals surface area contributed by atoms with Gasteiger partial charge in [0.15, 0.2) is 0 Å². The van der Waals surface area contributed by atoms with Gasteiger partial charge in [-0.05, 0) is 35.2 Å². The minimum Gasteiger partial charge on any atom is -0.497 e. The second-order valence-electron chi connectivity index (χ2n) is 4.23. The van der Waals surface area contributed by atoms with Gasteiger partial charge in [0, 0.05) is 0 Å². The molecule has 0 bridgehead atoms. The van der Waals surface area contributed by atoms with Crippen molar-refractivity contribution >= 4 is 0 Å². The summed E-state index contributed by atoms with van der Waals surface area (Å²) < 4.78 is 5.19. The van der Waals surface area contributed by atoms with Gasteiger partial charge in [-0.15, -0.1) is 0 Å². The largest absolute Gasteiger partial charge is 0.497 e. The van der Waals surface area contributed by atoms with Crippen LogP contribution in [-0.2, 0) is 6.42 Å². The molecule has 0 aromatic heterocycles. The zero-order valence-electron chi connectivity index (χ0n) is 10.8. The standard InChI is InChI=1S/C16H18O2/c1-3-12-7-4-5-10-15(12)16(17)13-8-6-9-14(11-13)18-2/h4-11,16-17H,3H2,1-2H3. The molecule has 0 aliphatic carbocycles. The first kappa shape index (κ1) is 12.7. The number of aliphatic hydroxyl groups is 1. The van der Waals surface area contributed by atoms with Gasteiger partial charge in [-0.1, -0.05) is 43.3 Å². The topological polar surface area (TPSA) is 29.5 Å². The average molecular weight is 242 g/mol. The molecule has 0 heterocycles. The van der Waals surface area contributed by atoms with Crippen LogP contribution in [0.25, 0.3) is 0 Å². The maximum absolute atomic E-state index is 10.5. The van der Waals surface area contributed by atoms with Crippen molar-refractivity contribution in [1.29, 1.82) is 0 Å². The number of methoxy groups -OCH3 is 1. The van der Waals surface area contributed by atoms with E-state index in [1.54, 1.807) is 7.11 Å². The molecule has 0 fully saturated rings. The van der Waals surface area contributed by atoms with E-state index < -0.39 is 6.10 Å².